The molecular formula is C19H28O2. The normalized spacial score (nSPS) is 11.0. The van der Waals surface area contributed by atoms with Crippen LogP contribution in [0.15, 0.2) is 18.2 Å². The first-order chi connectivity index (χ1) is 10.3. The van der Waals surface area contributed by atoms with Crippen LogP contribution in [0, 0.1) is 0 Å². The molecule has 0 fully saturated rings. The third kappa shape index (κ3) is 5.74. The zero-order chi connectivity index (χ0) is 15.5. The number of aryl methyl sites for hydroxylation is 3. The summed E-state index contributed by atoms with van der Waals surface area (Å²) in [6, 6.07) is 4.71. The first-order valence-electron chi connectivity index (χ1n) is 8.13. The lowest BCUT2D eigenvalue weighted by Gasteiger charge is -2.14. The highest BCUT2D eigenvalue weighted by Crippen LogP contribution is 2.23. The Balaban J connectivity index is 3.13. The average Bonchev–Trinajstić information content (AvgIpc) is 2.46. The zero-order valence-electron chi connectivity index (χ0n) is 13.7. The molecule has 0 heterocycles. The van der Waals surface area contributed by atoms with Crippen molar-refractivity contribution in [1.29, 1.82) is 0 Å². The molecule has 0 atom stereocenters. The molecule has 0 spiro atoms. The number of ether oxygens (including phenoxy) is 1. The van der Waals surface area contributed by atoms with Crippen LogP contribution >= 0.6 is 0 Å². The average molecular weight is 288 g/mol. The van der Waals surface area contributed by atoms with Gasteiger partial charge in [0.25, 0.3) is 6.47 Å². The van der Waals surface area contributed by atoms with Gasteiger partial charge in [-0.1, -0.05) is 58.2 Å². The lowest BCUT2D eigenvalue weighted by atomic mass is 9.91. The van der Waals surface area contributed by atoms with Gasteiger partial charge >= 0.3 is 0 Å². The summed E-state index contributed by atoms with van der Waals surface area (Å²) in [5.41, 5.74) is 5.63. The Kier molecular flexibility index (Phi) is 8.49. The third-order valence-electron chi connectivity index (χ3n) is 3.53. The van der Waals surface area contributed by atoms with E-state index in [0.29, 0.717) is 13.1 Å². The van der Waals surface area contributed by atoms with Gasteiger partial charge in [0.1, 0.15) is 6.61 Å². The van der Waals surface area contributed by atoms with Gasteiger partial charge in [-0.3, -0.25) is 4.79 Å². The molecular weight excluding hydrogens is 260 g/mol. The van der Waals surface area contributed by atoms with Crippen molar-refractivity contribution in [2.45, 2.75) is 59.3 Å². The molecule has 0 aliphatic heterocycles. The van der Waals surface area contributed by atoms with Crippen molar-refractivity contribution in [1.82, 2.24) is 0 Å². The van der Waals surface area contributed by atoms with Gasteiger partial charge in [-0.05, 0) is 47.6 Å². The molecule has 116 valence electrons. The molecule has 21 heavy (non-hydrogen) atoms. The highest BCUT2D eigenvalue weighted by Gasteiger charge is 2.08. The Hall–Kier alpha value is -1.57. The fourth-order valence-corrected chi connectivity index (χ4v) is 2.71. The smallest absolute Gasteiger partial charge is 0.293 e. The first kappa shape index (κ1) is 17.5. The van der Waals surface area contributed by atoms with E-state index in [-0.39, 0.29) is 0 Å². The third-order valence-corrected chi connectivity index (χ3v) is 3.53. The molecule has 2 nitrogen and oxygen atoms in total. The monoisotopic (exact) mass is 288 g/mol. The quantitative estimate of drug-likeness (QED) is 0.459. The molecule has 1 aromatic carbocycles. The van der Waals surface area contributed by atoms with E-state index < -0.39 is 0 Å². The van der Waals surface area contributed by atoms with Gasteiger partial charge in [0.15, 0.2) is 0 Å². The highest BCUT2D eigenvalue weighted by molar-refractivity contribution is 5.60. The molecule has 0 amide bonds. The van der Waals surface area contributed by atoms with E-state index in [1.165, 1.54) is 28.7 Å². The van der Waals surface area contributed by atoms with E-state index in [0.717, 1.165) is 32.1 Å². The lowest BCUT2D eigenvalue weighted by Crippen LogP contribution is -2.00. The minimum atomic E-state index is 0.345. The van der Waals surface area contributed by atoms with Crippen molar-refractivity contribution in [3.63, 3.8) is 0 Å². The zero-order valence-corrected chi connectivity index (χ0v) is 13.7. The van der Waals surface area contributed by atoms with Crippen LogP contribution in [0.3, 0.4) is 0 Å². The minimum absolute atomic E-state index is 0.345. The van der Waals surface area contributed by atoms with E-state index in [1.807, 2.05) is 6.08 Å². The molecule has 1 aromatic rings. The summed E-state index contributed by atoms with van der Waals surface area (Å²) < 4.78 is 4.75. The molecule has 0 aliphatic carbocycles. The minimum Gasteiger partial charge on any atom is -0.464 e. The summed E-state index contributed by atoms with van der Waals surface area (Å²) in [7, 11) is 0. The van der Waals surface area contributed by atoms with Gasteiger partial charge in [0.05, 0.1) is 0 Å². The van der Waals surface area contributed by atoms with Crippen molar-refractivity contribution in [3.05, 3.63) is 40.5 Å². The van der Waals surface area contributed by atoms with Crippen molar-refractivity contribution in [2.24, 2.45) is 0 Å². The van der Waals surface area contributed by atoms with Crippen LogP contribution in [0.25, 0.3) is 6.08 Å². The summed E-state index contributed by atoms with van der Waals surface area (Å²) in [5.74, 6) is 0. The van der Waals surface area contributed by atoms with Gasteiger partial charge in [0.2, 0.25) is 0 Å². The van der Waals surface area contributed by atoms with Crippen LogP contribution in [0.2, 0.25) is 0 Å². The van der Waals surface area contributed by atoms with Crippen LogP contribution in [0.1, 0.15) is 62.3 Å². The van der Waals surface area contributed by atoms with E-state index in [2.05, 4.69) is 39.0 Å². The number of carbonyl (C=O) groups excluding carboxylic acids is 1. The number of benzene rings is 1. The van der Waals surface area contributed by atoms with Gasteiger partial charge in [-0.2, -0.15) is 0 Å². The number of rotatable bonds is 10. The van der Waals surface area contributed by atoms with Crippen molar-refractivity contribution in [2.75, 3.05) is 6.61 Å². The Bertz CT molecular complexity index is 434. The van der Waals surface area contributed by atoms with Crippen molar-refractivity contribution in [3.8, 4) is 0 Å². The standard InChI is InChI=1S/C19H28O2/c1-4-8-16-13-17(9-5-2)19(11-7-12-21-15-20)18(14-16)10-6-3/h7,11,13-15H,4-6,8-10,12H2,1-3H3. The molecule has 0 aliphatic rings. The van der Waals surface area contributed by atoms with E-state index in [9.17, 15) is 4.79 Å². The molecule has 0 radical (unpaired) electrons. The molecule has 1 rings (SSSR count). The van der Waals surface area contributed by atoms with Crippen LogP contribution in [0.4, 0.5) is 0 Å². The number of hydrogen-bond acceptors (Lipinski definition) is 2. The van der Waals surface area contributed by atoms with Crippen LogP contribution in [0.5, 0.6) is 0 Å². The van der Waals surface area contributed by atoms with Crippen LogP contribution in [-0.4, -0.2) is 13.1 Å². The molecule has 0 aromatic heterocycles. The predicted molar refractivity (Wildman–Crippen MR) is 89.5 cm³/mol. The van der Waals surface area contributed by atoms with Crippen molar-refractivity contribution >= 4 is 12.5 Å². The summed E-state index contributed by atoms with van der Waals surface area (Å²) >= 11 is 0. The summed E-state index contributed by atoms with van der Waals surface area (Å²) in [6.45, 7) is 7.50. The predicted octanol–water partition coefficient (Wildman–Crippen LogP) is 4.73. The topological polar surface area (TPSA) is 26.3 Å². The molecule has 0 saturated heterocycles. The lowest BCUT2D eigenvalue weighted by molar-refractivity contribution is -0.127. The van der Waals surface area contributed by atoms with Gasteiger partial charge in [0, 0.05) is 0 Å². The Morgan fingerprint density at radius 1 is 0.952 bits per heavy atom. The number of carbonyl (C=O) groups is 1. The maximum atomic E-state index is 10.2. The number of hydrogen-bond donors (Lipinski definition) is 0. The maximum Gasteiger partial charge on any atom is 0.293 e. The van der Waals surface area contributed by atoms with Gasteiger partial charge < -0.3 is 4.74 Å². The molecule has 0 saturated carbocycles. The Morgan fingerprint density at radius 3 is 2.00 bits per heavy atom. The fraction of sp³-hybridized carbons (Fsp3) is 0.526. The second kappa shape index (κ2) is 10.2. The first-order valence-corrected chi connectivity index (χ1v) is 8.13. The van der Waals surface area contributed by atoms with Crippen LogP contribution < -0.4 is 0 Å². The van der Waals surface area contributed by atoms with Gasteiger partial charge in [-0.15, -0.1) is 0 Å². The molecule has 2 heteroatoms. The second-order valence-electron chi connectivity index (χ2n) is 5.41. The summed E-state index contributed by atoms with van der Waals surface area (Å²) in [6.07, 6.45) is 10.9. The highest BCUT2D eigenvalue weighted by atomic mass is 16.5. The molecule has 0 N–H and O–H groups in total. The molecule has 0 unspecified atom stereocenters. The largest absolute Gasteiger partial charge is 0.464 e. The Morgan fingerprint density at radius 2 is 1.52 bits per heavy atom. The van der Waals surface area contributed by atoms with Gasteiger partial charge in [-0.25, -0.2) is 0 Å². The molecule has 0 bridgehead atoms. The fourth-order valence-electron chi connectivity index (χ4n) is 2.71. The SMILES string of the molecule is CCCc1cc(CCC)c(C=CCOC=O)c(CCC)c1. The van der Waals surface area contributed by atoms with Crippen molar-refractivity contribution < 1.29 is 9.53 Å². The van der Waals surface area contributed by atoms with E-state index >= 15 is 0 Å². The maximum absolute atomic E-state index is 10.2. The summed E-state index contributed by atoms with van der Waals surface area (Å²) in [5, 5.41) is 0. The second-order valence-corrected chi connectivity index (χ2v) is 5.41. The van der Waals surface area contributed by atoms with E-state index in [4.69, 9.17) is 4.74 Å². The Labute approximate surface area is 129 Å². The van der Waals surface area contributed by atoms with Crippen LogP contribution in [-0.2, 0) is 28.8 Å². The van der Waals surface area contributed by atoms with E-state index in [1.54, 1.807) is 0 Å². The summed E-state index contributed by atoms with van der Waals surface area (Å²) in [4.78, 5) is 10.2.